The summed E-state index contributed by atoms with van der Waals surface area (Å²) in [5.41, 5.74) is 0.0376. The first-order chi connectivity index (χ1) is 12.9. The van der Waals surface area contributed by atoms with Crippen LogP contribution in [0.25, 0.3) is 0 Å². The number of amides is 1. The predicted molar refractivity (Wildman–Crippen MR) is 93.0 cm³/mol. The van der Waals surface area contributed by atoms with Gasteiger partial charge in [0.1, 0.15) is 6.61 Å². The molecular formula is C20H16F3NO3. The van der Waals surface area contributed by atoms with Crippen molar-refractivity contribution in [1.82, 2.24) is 5.32 Å². The Morgan fingerprint density at radius 3 is 2.56 bits per heavy atom. The lowest BCUT2D eigenvalue weighted by molar-refractivity contribution is -0.137. The third-order valence-corrected chi connectivity index (χ3v) is 3.46. The van der Waals surface area contributed by atoms with Crippen LogP contribution in [0.4, 0.5) is 18.0 Å². The molecular weight excluding hydrogens is 359 g/mol. The molecule has 2 rings (SSSR count). The van der Waals surface area contributed by atoms with Crippen molar-refractivity contribution in [1.29, 1.82) is 0 Å². The molecule has 0 aliphatic rings. The fourth-order valence-corrected chi connectivity index (χ4v) is 2.10. The molecule has 2 aromatic rings. The average Bonchev–Trinajstić information content (AvgIpc) is 2.66. The Bertz CT molecular complexity index is 852. The molecule has 0 aliphatic heterocycles. The van der Waals surface area contributed by atoms with E-state index >= 15 is 0 Å². The molecule has 0 spiro atoms. The molecule has 140 valence electrons. The zero-order chi connectivity index (χ0) is 19.7. The molecule has 0 heterocycles. The van der Waals surface area contributed by atoms with E-state index in [1.54, 1.807) is 0 Å². The van der Waals surface area contributed by atoms with Crippen LogP contribution in [0.2, 0.25) is 0 Å². The van der Waals surface area contributed by atoms with E-state index in [9.17, 15) is 22.8 Å². The fourth-order valence-electron chi connectivity index (χ4n) is 2.10. The summed E-state index contributed by atoms with van der Waals surface area (Å²) in [7, 11) is 0. The van der Waals surface area contributed by atoms with E-state index in [0.29, 0.717) is 6.29 Å². The summed E-state index contributed by atoms with van der Waals surface area (Å²) in [5, 5.41) is 2.49. The molecule has 0 aliphatic carbocycles. The first-order valence-electron chi connectivity index (χ1n) is 8.00. The van der Waals surface area contributed by atoms with Gasteiger partial charge in [0.15, 0.2) is 6.29 Å². The molecule has 7 heteroatoms. The highest BCUT2D eigenvalue weighted by molar-refractivity contribution is 5.79. The van der Waals surface area contributed by atoms with Crippen molar-refractivity contribution in [2.45, 2.75) is 19.2 Å². The van der Waals surface area contributed by atoms with Crippen molar-refractivity contribution in [3.63, 3.8) is 0 Å². The molecule has 0 bridgehead atoms. The summed E-state index contributed by atoms with van der Waals surface area (Å²) < 4.78 is 43.2. The van der Waals surface area contributed by atoms with Gasteiger partial charge in [-0.2, -0.15) is 13.2 Å². The first kappa shape index (κ1) is 20.0. The maximum Gasteiger partial charge on any atom is 0.416 e. The van der Waals surface area contributed by atoms with Crippen molar-refractivity contribution in [3.05, 3.63) is 70.8 Å². The Morgan fingerprint density at radius 1 is 1.15 bits per heavy atom. The van der Waals surface area contributed by atoms with Crippen LogP contribution in [-0.2, 0) is 17.5 Å². The standard InChI is InChI=1S/C20H16F3NO3/c21-20(22,23)18-10-9-17(13-25)16(12-18)8-4-5-11-24-19(26)27-14-15-6-2-1-3-7-15/h1-3,6-7,9-10,12-13H,5,11,14H2,(H,24,26). The van der Waals surface area contributed by atoms with Gasteiger partial charge in [-0.05, 0) is 23.8 Å². The highest BCUT2D eigenvalue weighted by Crippen LogP contribution is 2.30. The molecule has 4 nitrogen and oxygen atoms in total. The fraction of sp³-hybridized carbons (Fsp3) is 0.200. The zero-order valence-corrected chi connectivity index (χ0v) is 14.2. The minimum atomic E-state index is -4.51. The van der Waals surface area contributed by atoms with Gasteiger partial charge in [0.05, 0.1) is 5.56 Å². The Labute approximate surface area is 154 Å². The molecule has 0 fully saturated rings. The second-order valence-corrected chi connectivity index (χ2v) is 5.46. The monoisotopic (exact) mass is 375 g/mol. The minimum absolute atomic E-state index is 0.00789. The van der Waals surface area contributed by atoms with Gasteiger partial charge in [0.25, 0.3) is 0 Å². The number of nitrogens with one attached hydrogen (secondary N) is 1. The summed E-state index contributed by atoms with van der Waals surface area (Å²) in [4.78, 5) is 22.5. The maximum atomic E-state index is 12.7. The highest BCUT2D eigenvalue weighted by Gasteiger charge is 2.30. The number of rotatable bonds is 5. The number of aldehydes is 1. The van der Waals surface area contributed by atoms with Crippen molar-refractivity contribution in [3.8, 4) is 11.8 Å². The number of hydrogen-bond donors (Lipinski definition) is 1. The van der Waals surface area contributed by atoms with Crippen LogP contribution < -0.4 is 5.32 Å². The number of hydrogen-bond acceptors (Lipinski definition) is 3. The smallest absolute Gasteiger partial charge is 0.416 e. The second-order valence-electron chi connectivity index (χ2n) is 5.46. The van der Waals surface area contributed by atoms with Gasteiger partial charge in [-0.1, -0.05) is 42.2 Å². The lowest BCUT2D eigenvalue weighted by Gasteiger charge is -2.07. The van der Waals surface area contributed by atoms with Crippen LogP contribution in [0.3, 0.4) is 0 Å². The average molecular weight is 375 g/mol. The van der Waals surface area contributed by atoms with Crippen LogP contribution in [-0.4, -0.2) is 18.9 Å². The van der Waals surface area contributed by atoms with Crippen molar-refractivity contribution in [2.24, 2.45) is 0 Å². The largest absolute Gasteiger partial charge is 0.445 e. The predicted octanol–water partition coefficient (Wildman–Crippen LogP) is 4.19. The Kier molecular flexibility index (Phi) is 7.00. The van der Waals surface area contributed by atoms with Crippen molar-refractivity contribution in [2.75, 3.05) is 6.54 Å². The zero-order valence-electron chi connectivity index (χ0n) is 14.2. The SMILES string of the molecule is O=Cc1ccc(C(F)(F)F)cc1C#CCCNC(=O)OCc1ccccc1. The second kappa shape index (κ2) is 9.43. The molecule has 0 saturated carbocycles. The number of ether oxygens (including phenoxy) is 1. The third-order valence-electron chi connectivity index (χ3n) is 3.46. The Balaban J connectivity index is 1.84. The number of carbonyl (C=O) groups is 2. The molecule has 1 amide bonds. The van der Waals surface area contributed by atoms with E-state index in [-0.39, 0.29) is 30.7 Å². The topological polar surface area (TPSA) is 55.4 Å². The summed E-state index contributed by atoms with van der Waals surface area (Å²) in [6.07, 6.45) is -4.49. The van der Waals surface area contributed by atoms with Gasteiger partial charge >= 0.3 is 12.3 Å². The summed E-state index contributed by atoms with van der Waals surface area (Å²) in [6.45, 7) is 0.293. The first-order valence-corrected chi connectivity index (χ1v) is 8.00. The summed E-state index contributed by atoms with van der Waals surface area (Å²) in [5.74, 6) is 5.17. The number of alkyl halides is 3. The maximum absolute atomic E-state index is 12.7. The third kappa shape index (κ3) is 6.51. The Hall–Kier alpha value is -3.27. The Morgan fingerprint density at radius 2 is 1.89 bits per heavy atom. The molecule has 0 radical (unpaired) electrons. The lowest BCUT2D eigenvalue weighted by atomic mass is 10.0. The van der Waals surface area contributed by atoms with E-state index in [1.165, 1.54) is 0 Å². The molecule has 0 saturated heterocycles. The normalized spacial score (nSPS) is 10.5. The van der Waals surface area contributed by atoms with Crippen molar-refractivity contribution < 1.29 is 27.5 Å². The van der Waals surface area contributed by atoms with Crippen molar-refractivity contribution >= 4 is 12.4 Å². The van der Waals surface area contributed by atoms with Gasteiger partial charge in [-0.15, -0.1) is 0 Å². The molecule has 1 N–H and O–H groups in total. The van der Waals surface area contributed by atoms with E-state index < -0.39 is 17.8 Å². The minimum Gasteiger partial charge on any atom is -0.445 e. The van der Waals surface area contributed by atoms with Gasteiger partial charge in [0.2, 0.25) is 0 Å². The van der Waals surface area contributed by atoms with Crippen LogP contribution in [0.15, 0.2) is 48.5 Å². The molecule has 27 heavy (non-hydrogen) atoms. The van der Waals surface area contributed by atoms with Crippen LogP contribution in [0.1, 0.15) is 33.5 Å². The van der Waals surface area contributed by atoms with Crippen LogP contribution in [0, 0.1) is 11.8 Å². The van der Waals surface area contributed by atoms with E-state index in [4.69, 9.17) is 4.74 Å². The van der Waals surface area contributed by atoms with E-state index in [1.807, 2.05) is 30.3 Å². The summed E-state index contributed by atoms with van der Waals surface area (Å²) in [6, 6.07) is 11.9. The lowest BCUT2D eigenvalue weighted by Crippen LogP contribution is -2.24. The highest BCUT2D eigenvalue weighted by atomic mass is 19.4. The van der Waals surface area contributed by atoms with Gasteiger partial charge < -0.3 is 10.1 Å². The summed E-state index contributed by atoms with van der Waals surface area (Å²) >= 11 is 0. The van der Waals surface area contributed by atoms with Gasteiger partial charge in [-0.25, -0.2) is 4.79 Å². The van der Waals surface area contributed by atoms with E-state index in [2.05, 4.69) is 17.2 Å². The van der Waals surface area contributed by atoms with Crippen LogP contribution in [0.5, 0.6) is 0 Å². The quantitative estimate of drug-likeness (QED) is 0.484. The molecule has 0 atom stereocenters. The van der Waals surface area contributed by atoms with Gasteiger partial charge in [-0.3, -0.25) is 4.79 Å². The van der Waals surface area contributed by atoms with Gasteiger partial charge in [0, 0.05) is 24.1 Å². The van der Waals surface area contributed by atoms with E-state index in [0.717, 1.165) is 23.8 Å². The molecule has 0 aromatic heterocycles. The van der Waals surface area contributed by atoms with Crippen LogP contribution >= 0.6 is 0 Å². The molecule has 0 unspecified atom stereocenters. The molecule has 2 aromatic carbocycles. The number of halogens is 3. The number of alkyl carbamates (subject to hydrolysis) is 1. The number of carbonyl (C=O) groups excluding carboxylic acids is 2. The number of benzene rings is 2.